The first-order valence-electron chi connectivity index (χ1n) is 3.54. The van der Waals surface area contributed by atoms with Crippen molar-refractivity contribution in [3.63, 3.8) is 0 Å². The first kappa shape index (κ1) is 7.33. The molecule has 0 aliphatic rings. The van der Waals surface area contributed by atoms with Gasteiger partial charge < -0.3 is 4.42 Å². The molecule has 4 nitrogen and oxygen atoms in total. The predicted molar refractivity (Wildman–Crippen MR) is 43.4 cm³/mol. The van der Waals surface area contributed by atoms with E-state index in [2.05, 4.69) is 4.98 Å². The summed E-state index contributed by atoms with van der Waals surface area (Å²) in [5.74, 6) is 0.206. The summed E-state index contributed by atoms with van der Waals surface area (Å²) in [6.07, 6.45) is 0. The fourth-order valence-corrected chi connectivity index (χ4v) is 1.04. The van der Waals surface area contributed by atoms with Crippen LogP contribution in [0.2, 0.25) is 0 Å². The molecule has 2 rings (SSSR count). The molecule has 60 valence electrons. The first-order chi connectivity index (χ1) is 6.33. The topological polar surface area (TPSA) is 73.6 Å². The lowest BCUT2D eigenvalue weighted by atomic mass is 10.3. The van der Waals surface area contributed by atoms with E-state index in [9.17, 15) is 0 Å². The van der Waals surface area contributed by atoms with Gasteiger partial charge in [-0.1, -0.05) is 0 Å². The number of hydrogen-bond donors (Lipinski definition) is 0. The highest BCUT2D eigenvalue weighted by Gasteiger charge is 2.04. The normalized spacial score (nSPS) is 9.38. The summed E-state index contributed by atoms with van der Waals surface area (Å²) in [5, 5.41) is 17.1. The zero-order chi connectivity index (χ0) is 9.26. The number of pyridine rings is 1. The van der Waals surface area contributed by atoms with Gasteiger partial charge in [0.05, 0.1) is 0 Å². The summed E-state index contributed by atoms with van der Waals surface area (Å²) in [4.78, 5) is 3.96. The third-order valence-electron chi connectivity index (χ3n) is 1.60. The summed E-state index contributed by atoms with van der Waals surface area (Å²) in [6, 6.07) is 8.46. The van der Waals surface area contributed by atoms with E-state index in [0.717, 1.165) is 0 Å². The zero-order valence-electron chi connectivity index (χ0n) is 6.48. The summed E-state index contributed by atoms with van der Waals surface area (Å²) in [6.45, 7) is 0. The molecule has 0 atom stereocenters. The van der Waals surface area contributed by atoms with Crippen LogP contribution >= 0.6 is 0 Å². The quantitative estimate of drug-likeness (QED) is 0.599. The van der Waals surface area contributed by atoms with Crippen LogP contribution in [0.25, 0.3) is 11.1 Å². The zero-order valence-corrected chi connectivity index (χ0v) is 6.48. The largest absolute Gasteiger partial charge is 0.444 e. The number of furan rings is 1. The molecule has 2 heterocycles. The third kappa shape index (κ3) is 1.11. The highest BCUT2D eigenvalue weighted by Crippen LogP contribution is 2.16. The van der Waals surface area contributed by atoms with Gasteiger partial charge in [-0.3, -0.25) is 0 Å². The number of nitriles is 2. The van der Waals surface area contributed by atoms with Gasteiger partial charge in [0.2, 0.25) is 5.76 Å². The molecule has 0 unspecified atom stereocenters. The van der Waals surface area contributed by atoms with Crippen molar-refractivity contribution in [1.82, 2.24) is 4.98 Å². The van der Waals surface area contributed by atoms with E-state index in [4.69, 9.17) is 14.9 Å². The van der Waals surface area contributed by atoms with Crippen molar-refractivity contribution in [2.75, 3.05) is 0 Å². The van der Waals surface area contributed by atoms with Gasteiger partial charge in [0.25, 0.3) is 0 Å². The Morgan fingerprint density at radius 3 is 2.77 bits per heavy atom. The van der Waals surface area contributed by atoms with Gasteiger partial charge in [-0.25, -0.2) is 4.98 Å². The Hall–Kier alpha value is -2.33. The first-order valence-corrected chi connectivity index (χ1v) is 3.54. The van der Waals surface area contributed by atoms with Gasteiger partial charge >= 0.3 is 0 Å². The fourth-order valence-electron chi connectivity index (χ4n) is 1.04. The molecule has 2 aromatic heterocycles. The molecular weight excluding hydrogens is 166 g/mol. The van der Waals surface area contributed by atoms with Crippen LogP contribution in [0.5, 0.6) is 0 Å². The van der Waals surface area contributed by atoms with E-state index < -0.39 is 0 Å². The number of aromatic nitrogens is 1. The number of rotatable bonds is 0. The highest BCUT2D eigenvalue weighted by atomic mass is 16.3. The highest BCUT2D eigenvalue weighted by molar-refractivity contribution is 5.74. The van der Waals surface area contributed by atoms with Crippen LogP contribution in [0.15, 0.2) is 22.6 Å². The molecule has 0 fully saturated rings. The molecule has 2 aromatic rings. The van der Waals surface area contributed by atoms with Crippen molar-refractivity contribution in [2.45, 2.75) is 0 Å². The molecule has 0 aliphatic carbocycles. The minimum absolute atomic E-state index is 0.206. The average molecular weight is 169 g/mol. The van der Waals surface area contributed by atoms with Crippen molar-refractivity contribution >= 4 is 11.1 Å². The molecule has 0 amide bonds. The smallest absolute Gasteiger partial charge is 0.206 e. The van der Waals surface area contributed by atoms with Gasteiger partial charge in [0, 0.05) is 6.07 Å². The molecule has 0 bridgehead atoms. The molecule has 13 heavy (non-hydrogen) atoms. The van der Waals surface area contributed by atoms with E-state index in [1.165, 1.54) is 6.07 Å². The van der Waals surface area contributed by atoms with Crippen LogP contribution in [0.3, 0.4) is 0 Å². The molecular formula is C9H3N3O. The number of fused-ring (bicyclic) bond motifs is 1. The SMILES string of the molecule is N#Cc1ccc2oc(C#N)cc2n1. The second-order valence-corrected chi connectivity index (χ2v) is 2.41. The summed E-state index contributed by atoms with van der Waals surface area (Å²) < 4.78 is 5.08. The molecule has 0 saturated heterocycles. The maximum Gasteiger partial charge on any atom is 0.206 e. The standard InChI is InChI=1S/C9H3N3O/c10-4-6-1-2-9-8(12-6)3-7(5-11)13-9/h1-3H. The van der Waals surface area contributed by atoms with Crippen molar-refractivity contribution in [2.24, 2.45) is 0 Å². The fraction of sp³-hybridized carbons (Fsp3) is 0. The third-order valence-corrected chi connectivity index (χ3v) is 1.60. The van der Waals surface area contributed by atoms with Crippen LogP contribution in [-0.2, 0) is 0 Å². The minimum atomic E-state index is 0.206. The second kappa shape index (κ2) is 2.62. The lowest BCUT2D eigenvalue weighted by Crippen LogP contribution is -1.79. The van der Waals surface area contributed by atoms with Crippen molar-refractivity contribution in [1.29, 1.82) is 10.5 Å². The summed E-state index contributed by atoms with van der Waals surface area (Å²) in [7, 11) is 0. The minimum Gasteiger partial charge on any atom is -0.444 e. The predicted octanol–water partition coefficient (Wildman–Crippen LogP) is 1.57. The second-order valence-electron chi connectivity index (χ2n) is 2.41. The molecule has 4 heteroatoms. The lowest BCUT2D eigenvalue weighted by Gasteiger charge is -1.86. The summed E-state index contributed by atoms with van der Waals surface area (Å²) in [5.41, 5.74) is 1.38. The average Bonchev–Trinajstić information content (AvgIpc) is 2.58. The van der Waals surface area contributed by atoms with Crippen LogP contribution in [0, 0.1) is 22.7 Å². The number of nitrogens with zero attached hydrogens (tertiary/aromatic N) is 3. The van der Waals surface area contributed by atoms with Crippen molar-refractivity contribution < 1.29 is 4.42 Å². The Bertz CT molecular complexity index is 530. The Kier molecular flexibility index (Phi) is 1.47. The van der Waals surface area contributed by atoms with E-state index in [0.29, 0.717) is 16.8 Å². The van der Waals surface area contributed by atoms with E-state index in [1.807, 2.05) is 12.1 Å². The van der Waals surface area contributed by atoms with E-state index >= 15 is 0 Å². The Balaban J connectivity index is 2.74. The summed E-state index contributed by atoms with van der Waals surface area (Å²) >= 11 is 0. The van der Waals surface area contributed by atoms with E-state index in [1.54, 1.807) is 12.1 Å². The Morgan fingerprint density at radius 2 is 2.08 bits per heavy atom. The van der Waals surface area contributed by atoms with E-state index in [-0.39, 0.29) is 5.76 Å². The molecule has 0 saturated carbocycles. The van der Waals surface area contributed by atoms with Gasteiger partial charge in [-0.05, 0) is 12.1 Å². The molecule has 0 aromatic carbocycles. The van der Waals surface area contributed by atoms with Gasteiger partial charge in [0.1, 0.15) is 23.3 Å². The maximum absolute atomic E-state index is 8.55. The van der Waals surface area contributed by atoms with Crippen LogP contribution in [0.1, 0.15) is 11.5 Å². The lowest BCUT2D eigenvalue weighted by molar-refractivity contribution is 0.599. The van der Waals surface area contributed by atoms with Gasteiger partial charge in [0.15, 0.2) is 5.58 Å². The number of hydrogen-bond acceptors (Lipinski definition) is 4. The van der Waals surface area contributed by atoms with Gasteiger partial charge in [-0.2, -0.15) is 10.5 Å². The van der Waals surface area contributed by atoms with Crippen molar-refractivity contribution in [3.8, 4) is 12.1 Å². The Labute approximate surface area is 73.6 Å². The maximum atomic E-state index is 8.55. The molecule has 0 N–H and O–H groups in total. The molecule has 0 aliphatic heterocycles. The molecule has 0 spiro atoms. The van der Waals surface area contributed by atoms with Crippen LogP contribution in [0.4, 0.5) is 0 Å². The van der Waals surface area contributed by atoms with Gasteiger partial charge in [-0.15, -0.1) is 0 Å². The van der Waals surface area contributed by atoms with Crippen LogP contribution in [-0.4, -0.2) is 4.98 Å². The monoisotopic (exact) mass is 169 g/mol. The van der Waals surface area contributed by atoms with Crippen LogP contribution < -0.4 is 0 Å². The Morgan fingerprint density at radius 1 is 1.23 bits per heavy atom. The molecule has 0 radical (unpaired) electrons. The van der Waals surface area contributed by atoms with Crippen molar-refractivity contribution in [3.05, 3.63) is 29.7 Å².